The number of tetrazole rings is 1. The van der Waals surface area contributed by atoms with E-state index >= 15 is 0 Å². The minimum Gasteiger partial charge on any atom is -0.307 e. The van der Waals surface area contributed by atoms with Crippen molar-refractivity contribution in [2.24, 2.45) is 5.92 Å². The first-order chi connectivity index (χ1) is 6.84. The van der Waals surface area contributed by atoms with E-state index in [1.54, 1.807) is 0 Å². The summed E-state index contributed by atoms with van der Waals surface area (Å²) in [5, 5.41) is 15.3. The normalized spacial score (nSPS) is 30.6. The lowest BCUT2D eigenvalue weighted by molar-refractivity contribution is 0.533. The van der Waals surface area contributed by atoms with Gasteiger partial charge in [-0.25, -0.2) is 4.68 Å². The molecule has 5 heteroatoms. The van der Waals surface area contributed by atoms with E-state index < -0.39 is 0 Å². The summed E-state index contributed by atoms with van der Waals surface area (Å²) in [4.78, 5) is 0. The Kier molecular flexibility index (Phi) is 1.80. The molecule has 1 N–H and O–H groups in total. The molecule has 0 aliphatic heterocycles. The average Bonchev–Trinajstić information content (AvgIpc) is 3.07. The van der Waals surface area contributed by atoms with Crippen LogP contribution in [0.4, 0.5) is 0 Å². The van der Waals surface area contributed by atoms with Gasteiger partial charge in [0.25, 0.3) is 0 Å². The van der Waals surface area contributed by atoms with E-state index in [1.807, 2.05) is 4.68 Å². The van der Waals surface area contributed by atoms with E-state index in [1.165, 1.54) is 19.3 Å². The summed E-state index contributed by atoms with van der Waals surface area (Å²) >= 11 is 0. The molecule has 2 aliphatic rings. The van der Waals surface area contributed by atoms with E-state index in [4.69, 9.17) is 0 Å². The second-order valence-corrected chi connectivity index (χ2v) is 4.48. The molecule has 2 aliphatic carbocycles. The van der Waals surface area contributed by atoms with Crippen LogP contribution in [-0.4, -0.2) is 26.2 Å². The topological polar surface area (TPSA) is 55.6 Å². The summed E-state index contributed by atoms with van der Waals surface area (Å²) in [5.41, 5.74) is 0. The maximum Gasteiger partial charge on any atom is 0.165 e. The fraction of sp³-hybridized carbons (Fsp3) is 0.889. The molecule has 0 aromatic carbocycles. The van der Waals surface area contributed by atoms with Crippen LogP contribution >= 0.6 is 0 Å². The predicted molar refractivity (Wildman–Crippen MR) is 50.5 cm³/mol. The van der Waals surface area contributed by atoms with E-state index in [0.29, 0.717) is 6.04 Å². The van der Waals surface area contributed by atoms with Gasteiger partial charge in [0.05, 0.1) is 12.6 Å². The fourth-order valence-electron chi connectivity index (χ4n) is 1.75. The molecule has 2 saturated carbocycles. The highest BCUT2D eigenvalue weighted by Crippen LogP contribution is 2.42. The van der Waals surface area contributed by atoms with Gasteiger partial charge in [-0.05, 0) is 35.6 Å². The Labute approximate surface area is 82.9 Å². The van der Waals surface area contributed by atoms with Gasteiger partial charge < -0.3 is 5.32 Å². The molecule has 3 rings (SSSR count). The maximum atomic E-state index is 4.05. The molecule has 2 atom stereocenters. The van der Waals surface area contributed by atoms with E-state index in [0.717, 1.165) is 24.3 Å². The first-order valence-corrected chi connectivity index (χ1v) is 5.34. The van der Waals surface area contributed by atoms with Gasteiger partial charge >= 0.3 is 0 Å². The highest BCUT2D eigenvalue weighted by Gasteiger charge is 2.37. The average molecular weight is 193 g/mol. The predicted octanol–water partition coefficient (Wildman–Crippen LogP) is 0.506. The molecule has 0 bridgehead atoms. The van der Waals surface area contributed by atoms with Gasteiger partial charge in [-0.3, -0.25) is 0 Å². The summed E-state index contributed by atoms with van der Waals surface area (Å²) in [6.07, 6.45) is 3.84. The van der Waals surface area contributed by atoms with Crippen LogP contribution in [0.25, 0.3) is 0 Å². The first kappa shape index (κ1) is 8.35. The second kappa shape index (κ2) is 3.02. The van der Waals surface area contributed by atoms with Gasteiger partial charge in [-0.2, -0.15) is 0 Å². The molecule has 14 heavy (non-hydrogen) atoms. The lowest BCUT2D eigenvalue weighted by atomic mass is 10.4. The van der Waals surface area contributed by atoms with Crippen molar-refractivity contribution in [3.05, 3.63) is 5.82 Å². The van der Waals surface area contributed by atoms with Crippen molar-refractivity contribution < 1.29 is 0 Å². The molecule has 2 fully saturated rings. The molecule has 0 saturated heterocycles. The quantitative estimate of drug-likeness (QED) is 0.756. The van der Waals surface area contributed by atoms with Crippen LogP contribution in [0.1, 0.15) is 38.1 Å². The van der Waals surface area contributed by atoms with Crippen LogP contribution in [0.2, 0.25) is 0 Å². The number of nitrogens with zero attached hydrogens (tertiary/aromatic N) is 4. The third kappa shape index (κ3) is 1.52. The van der Waals surface area contributed by atoms with Crippen LogP contribution in [0.5, 0.6) is 0 Å². The number of aromatic nitrogens is 4. The zero-order chi connectivity index (χ0) is 9.54. The minimum atomic E-state index is 0.556. The largest absolute Gasteiger partial charge is 0.307 e. The molecular weight excluding hydrogens is 178 g/mol. The van der Waals surface area contributed by atoms with Crippen LogP contribution in [0.15, 0.2) is 0 Å². The highest BCUT2D eigenvalue weighted by atomic mass is 15.6. The number of hydrogen-bond donors (Lipinski definition) is 1. The summed E-state index contributed by atoms with van der Waals surface area (Å²) < 4.78 is 1.99. The van der Waals surface area contributed by atoms with Crippen molar-refractivity contribution in [3.63, 3.8) is 0 Å². The van der Waals surface area contributed by atoms with Crippen molar-refractivity contribution >= 4 is 0 Å². The lowest BCUT2D eigenvalue weighted by Crippen LogP contribution is -2.19. The van der Waals surface area contributed by atoms with Gasteiger partial charge in [0.1, 0.15) is 0 Å². The van der Waals surface area contributed by atoms with Gasteiger partial charge in [0, 0.05) is 6.04 Å². The Balaban J connectivity index is 1.66. The van der Waals surface area contributed by atoms with Gasteiger partial charge in [0.2, 0.25) is 0 Å². The molecule has 0 amide bonds. The molecule has 1 aromatic rings. The summed E-state index contributed by atoms with van der Waals surface area (Å²) in [6, 6.07) is 1.28. The van der Waals surface area contributed by atoms with Crippen LogP contribution in [-0.2, 0) is 6.54 Å². The Morgan fingerprint density at radius 2 is 2.29 bits per heavy atom. The van der Waals surface area contributed by atoms with Gasteiger partial charge in [0.15, 0.2) is 5.82 Å². The van der Waals surface area contributed by atoms with Gasteiger partial charge in [-0.1, -0.05) is 6.92 Å². The number of rotatable bonds is 4. The minimum absolute atomic E-state index is 0.556. The third-order valence-corrected chi connectivity index (χ3v) is 3.07. The Morgan fingerprint density at radius 1 is 1.50 bits per heavy atom. The Hall–Kier alpha value is -0.970. The third-order valence-electron chi connectivity index (χ3n) is 3.07. The van der Waals surface area contributed by atoms with Crippen molar-refractivity contribution in [1.29, 1.82) is 0 Å². The van der Waals surface area contributed by atoms with Crippen LogP contribution in [0, 0.1) is 5.92 Å². The molecule has 2 unspecified atom stereocenters. The molecule has 1 aromatic heterocycles. The number of hydrogen-bond acceptors (Lipinski definition) is 4. The molecule has 1 heterocycles. The van der Waals surface area contributed by atoms with E-state index in [2.05, 4.69) is 27.8 Å². The van der Waals surface area contributed by atoms with Gasteiger partial charge in [-0.15, -0.1) is 5.10 Å². The van der Waals surface area contributed by atoms with Crippen molar-refractivity contribution in [1.82, 2.24) is 25.5 Å². The second-order valence-electron chi connectivity index (χ2n) is 4.48. The zero-order valence-corrected chi connectivity index (χ0v) is 8.35. The first-order valence-electron chi connectivity index (χ1n) is 5.34. The highest BCUT2D eigenvalue weighted by molar-refractivity contribution is 4.95. The fourth-order valence-corrected chi connectivity index (χ4v) is 1.75. The summed E-state index contributed by atoms with van der Waals surface area (Å²) in [6.45, 7) is 3.06. The monoisotopic (exact) mass is 193 g/mol. The Morgan fingerprint density at radius 3 is 2.93 bits per heavy atom. The summed E-state index contributed by atoms with van der Waals surface area (Å²) in [7, 11) is 0. The van der Waals surface area contributed by atoms with Crippen LogP contribution < -0.4 is 5.32 Å². The van der Waals surface area contributed by atoms with Crippen molar-refractivity contribution in [2.75, 3.05) is 0 Å². The molecule has 0 radical (unpaired) electrons. The number of nitrogens with one attached hydrogen (secondary N) is 1. The molecule has 5 nitrogen and oxygen atoms in total. The van der Waals surface area contributed by atoms with E-state index in [9.17, 15) is 0 Å². The molecule has 76 valence electrons. The maximum absolute atomic E-state index is 4.05. The van der Waals surface area contributed by atoms with Crippen LogP contribution in [0.3, 0.4) is 0 Å². The Bertz CT molecular complexity index is 330. The standard InChI is InChI=1S/C9H15N5/c1-6-4-8(6)14-9(11-12-13-14)5-10-7-2-3-7/h6-8,10H,2-5H2,1H3. The zero-order valence-electron chi connectivity index (χ0n) is 8.35. The summed E-state index contributed by atoms with van der Waals surface area (Å²) in [5.74, 6) is 1.74. The smallest absolute Gasteiger partial charge is 0.165 e. The SMILES string of the molecule is CC1CC1n1nnnc1CNC1CC1. The lowest BCUT2D eigenvalue weighted by Gasteiger charge is -2.03. The molecular formula is C9H15N5. The van der Waals surface area contributed by atoms with Crippen molar-refractivity contribution in [2.45, 2.75) is 44.8 Å². The van der Waals surface area contributed by atoms with Crippen molar-refractivity contribution in [3.8, 4) is 0 Å². The van der Waals surface area contributed by atoms with E-state index in [-0.39, 0.29) is 0 Å². The molecule has 0 spiro atoms.